The molecule has 0 fully saturated rings. The lowest BCUT2D eigenvalue weighted by molar-refractivity contribution is 0.102. The molecule has 0 radical (unpaired) electrons. The van der Waals surface area contributed by atoms with Crippen LogP contribution in [0.15, 0.2) is 77.7 Å². The van der Waals surface area contributed by atoms with Crippen LogP contribution in [-0.4, -0.2) is 20.6 Å². The number of nitrogens with one attached hydrogen (secondary N) is 1. The van der Waals surface area contributed by atoms with Crippen molar-refractivity contribution < 1.29 is 13.2 Å². The van der Waals surface area contributed by atoms with Crippen molar-refractivity contribution in [2.24, 2.45) is 0 Å². The largest absolute Gasteiger partial charge is 0.322 e. The molecule has 4 nitrogen and oxygen atoms in total. The molecule has 144 valence electrons. The molecule has 0 aliphatic rings. The van der Waals surface area contributed by atoms with Crippen molar-refractivity contribution in [3.63, 3.8) is 0 Å². The molecule has 0 atom stereocenters. The summed E-state index contributed by atoms with van der Waals surface area (Å²) in [6, 6.07) is 22.4. The molecule has 0 saturated heterocycles. The van der Waals surface area contributed by atoms with Crippen molar-refractivity contribution in [2.45, 2.75) is 24.7 Å². The zero-order valence-corrected chi connectivity index (χ0v) is 16.8. The SMILES string of the molecule is Cc1ccc(S(C)(=O)=O)cc1NC(=O)c1ccccc1CCc1ccccc1. The lowest BCUT2D eigenvalue weighted by Gasteiger charge is -2.13. The highest BCUT2D eigenvalue weighted by atomic mass is 32.2. The molecule has 3 aromatic rings. The summed E-state index contributed by atoms with van der Waals surface area (Å²) >= 11 is 0. The fourth-order valence-corrected chi connectivity index (χ4v) is 3.69. The molecule has 0 aliphatic carbocycles. The molecule has 3 rings (SSSR count). The zero-order chi connectivity index (χ0) is 20.1. The van der Waals surface area contributed by atoms with Gasteiger partial charge in [0, 0.05) is 17.5 Å². The predicted molar refractivity (Wildman–Crippen MR) is 113 cm³/mol. The molecule has 3 aromatic carbocycles. The maximum absolute atomic E-state index is 12.9. The summed E-state index contributed by atoms with van der Waals surface area (Å²) in [5, 5.41) is 2.87. The van der Waals surface area contributed by atoms with Crippen LogP contribution in [-0.2, 0) is 22.7 Å². The fraction of sp³-hybridized carbons (Fsp3) is 0.174. The third-order valence-electron chi connectivity index (χ3n) is 4.67. The number of carbonyl (C=O) groups excluding carboxylic acids is 1. The Bertz CT molecular complexity index is 1090. The molecule has 0 spiro atoms. The van der Waals surface area contributed by atoms with Crippen LogP contribution >= 0.6 is 0 Å². The van der Waals surface area contributed by atoms with E-state index in [0.29, 0.717) is 11.3 Å². The first kappa shape index (κ1) is 19.8. The number of carbonyl (C=O) groups is 1. The monoisotopic (exact) mass is 393 g/mol. The van der Waals surface area contributed by atoms with Crippen molar-refractivity contribution in [1.29, 1.82) is 0 Å². The number of aryl methyl sites for hydroxylation is 3. The van der Waals surface area contributed by atoms with E-state index in [2.05, 4.69) is 17.4 Å². The van der Waals surface area contributed by atoms with E-state index in [-0.39, 0.29) is 10.8 Å². The van der Waals surface area contributed by atoms with E-state index in [4.69, 9.17) is 0 Å². The van der Waals surface area contributed by atoms with E-state index in [1.54, 1.807) is 18.2 Å². The van der Waals surface area contributed by atoms with Gasteiger partial charge in [-0.2, -0.15) is 0 Å². The van der Waals surface area contributed by atoms with Crippen LogP contribution in [0.3, 0.4) is 0 Å². The second-order valence-electron chi connectivity index (χ2n) is 6.85. The van der Waals surface area contributed by atoms with Crippen LogP contribution in [0.25, 0.3) is 0 Å². The van der Waals surface area contributed by atoms with Gasteiger partial charge in [0.2, 0.25) is 0 Å². The summed E-state index contributed by atoms with van der Waals surface area (Å²) < 4.78 is 23.6. The molecule has 0 aromatic heterocycles. The third kappa shape index (κ3) is 4.87. The van der Waals surface area contributed by atoms with Crippen molar-refractivity contribution in [1.82, 2.24) is 0 Å². The molecular weight excluding hydrogens is 370 g/mol. The summed E-state index contributed by atoms with van der Waals surface area (Å²) in [5.74, 6) is -0.239. The summed E-state index contributed by atoms with van der Waals surface area (Å²) in [4.78, 5) is 13.1. The Morgan fingerprint density at radius 3 is 2.29 bits per heavy atom. The molecule has 0 heterocycles. The number of rotatable bonds is 6. The highest BCUT2D eigenvalue weighted by Gasteiger charge is 2.14. The van der Waals surface area contributed by atoms with Gasteiger partial charge in [-0.15, -0.1) is 0 Å². The van der Waals surface area contributed by atoms with Gasteiger partial charge < -0.3 is 5.32 Å². The van der Waals surface area contributed by atoms with E-state index in [0.717, 1.165) is 30.2 Å². The van der Waals surface area contributed by atoms with Crippen LogP contribution < -0.4 is 5.32 Å². The number of benzene rings is 3. The molecular formula is C23H23NO3S. The topological polar surface area (TPSA) is 63.2 Å². The van der Waals surface area contributed by atoms with Gasteiger partial charge in [-0.1, -0.05) is 54.6 Å². The summed E-state index contributed by atoms with van der Waals surface area (Å²) in [7, 11) is -3.34. The third-order valence-corrected chi connectivity index (χ3v) is 5.78. The molecule has 5 heteroatoms. The second kappa shape index (κ2) is 8.40. The van der Waals surface area contributed by atoms with E-state index in [1.165, 1.54) is 11.6 Å². The first-order valence-electron chi connectivity index (χ1n) is 9.08. The molecule has 0 unspecified atom stereocenters. The molecule has 0 aliphatic heterocycles. The van der Waals surface area contributed by atoms with Crippen LogP contribution in [0.5, 0.6) is 0 Å². The number of hydrogen-bond acceptors (Lipinski definition) is 3. The van der Waals surface area contributed by atoms with Crippen LogP contribution in [0, 0.1) is 6.92 Å². The first-order valence-corrected chi connectivity index (χ1v) is 11.0. The summed E-state index contributed by atoms with van der Waals surface area (Å²) in [5.41, 5.74) is 4.09. The Hall–Kier alpha value is -2.92. The molecule has 1 amide bonds. The zero-order valence-electron chi connectivity index (χ0n) is 16.0. The molecule has 0 bridgehead atoms. The van der Waals surface area contributed by atoms with Gasteiger partial charge in [-0.05, 0) is 54.7 Å². The van der Waals surface area contributed by atoms with Gasteiger partial charge in [-0.3, -0.25) is 4.79 Å². The number of hydrogen-bond donors (Lipinski definition) is 1. The van der Waals surface area contributed by atoms with Gasteiger partial charge in [0.1, 0.15) is 0 Å². The number of sulfone groups is 1. The minimum Gasteiger partial charge on any atom is -0.322 e. The van der Waals surface area contributed by atoms with Gasteiger partial charge in [0.15, 0.2) is 9.84 Å². The van der Waals surface area contributed by atoms with Crippen molar-refractivity contribution in [2.75, 3.05) is 11.6 Å². The highest BCUT2D eigenvalue weighted by Crippen LogP contribution is 2.22. The lowest BCUT2D eigenvalue weighted by Crippen LogP contribution is -2.15. The average molecular weight is 394 g/mol. The Labute approximate surface area is 166 Å². The van der Waals surface area contributed by atoms with Gasteiger partial charge in [0.25, 0.3) is 5.91 Å². The maximum atomic E-state index is 12.9. The van der Waals surface area contributed by atoms with E-state index >= 15 is 0 Å². The van der Waals surface area contributed by atoms with Gasteiger partial charge in [-0.25, -0.2) is 8.42 Å². The summed E-state index contributed by atoms with van der Waals surface area (Å²) in [6.07, 6.45) is 2.74. The normalized spacial score (nSPS) is 11.2. The van der Waals surface area contributed by atoms with Crippen molar-refractivity contribution >= 4 is 21.4 Å². The molecule has 0 saturated carbocycles. The highest BCUT2D eigenvalue weighted by molar-refractivity contribution is 7.90. The minimum atomic E-state index is -3.34. The smallest absolute Gasteiger partial charge is 0.255 e. The van der Waals surface area contributed by atoms with Crippen LogP contribution in [0.1, 0.15) is 27.0 Å². The molecule has 1 N–H and O–H groups in total. The van der Waals surface area contributed by atoms with E-state index in [1.807, 2.05) is 43.3 Å². The van der Waals surface area contributed by atoms with Gasteiger partial charge in [0.05, 0.1) is 4.90 Å². The quantitative estimate of drug-likeness (QED) is 0.674. The Kier molecular flexibility index (Phi) is 5.95. The Morgan fingerprint density at radius 2 is 1.57 bits per heavy atom. The Balaban J connectivity index is 1.82. The Morgan fingerprint density at radius 1 is 0.893 bits per heavy atom. The number of amides is 1. The lowest BCUT2D eigenvalue weighted by atomic mass is 9.99. The average Bonchev–Trinajstić information content (AvgIpc) is 2.68. The minimum absolute atomic E-state index is 0.186. The summed E-state index contributed by atoms with van der Waals surface area (Å²) in [6.45, 7) is 1.84. The van der Waals surface area contributed by atoms with Crippen molar-refractivity contribution in [3.05, 3.63) is 95.1 Å². The van der Waals surface area contributed by atoms with Gasteiger partial charge >= 0.3 is 0 Å². The maximum Gasteiger partial charge on any atom is 0.255 e. The first-order chi connectivity index (χ1) is 13.3. The second-order valence-corrected chi connectivity index (χ2v) is 8.86. The fourth-order valence-electron chi connectivity index (χ4n) is 3.04. The molecule has 28 heavy (non-hydrogen) atoms. The van der Waals surface area contributed by atoms with Crippen molar-refractivity contribution in [3.8, 4) is 0 Å². The van der Waals surface area contributed by atoms with E-state index in [9.17, 15) is 13.2 Å². The van der Waals surface area contributed by atoms with Crippen LogP contribution in [0.2, 0.25) is 0 Å². The standard InChI is InChI=1S/C23H23NO3S/c1-17-12-15-20(28(2,26)27)16-22(17)24-23(25)21-11-7-6-10-19(21)14-13-18-8-4-3-5-9-18/h3-12,15-16H,13-14H2,1-2H3,(H,24,25). The number of anilines is 1. The predicted octanol–water partition coefficient (Wildman–Crippen LogP) is 4.44. The van der Waals surface area contributed by atoms with E-state index < -0.39 is 9.84 Å². The van der Waals surface area contributed by atoms with Crippen LogP contribution in [0.4, 0.5) is 5.69 Å².